The maximum atomic E-state index is 11.6. The molecule has 1 rings (SSSR count). The van der Waals surface area contributed by atoms with Crippen LogP contribution >= 0.6 is 38.9 Å². The molecule has 1 amide bonds. The largest absolute Gasteiger partial charge is 0.383 e. The van der Waals surface area contributed by atoms with Gasteiger partial charge in [0.1, 0.15) is 4.88 Å². The van der Waals surface area contributed by atoms with Gasteiger partial charge in [-0.05, 0) is 11.4 Å². The van der Waals surface area contributed by atoms with Crippen LogP contribution < -0.4 is 5.32 Å². The van der Waals surface area contributed by atoms with Crippen LogP contribution in [0.5, 0.6) is 0 Å². The zero-order valence-electron chi connectivity index (χ0n) is 8.13. The summed E-state index contributed by atoms with van der Waals surface area (Å²) >= 11 is 10.5. The highest BCUT2D eigenvalue weighted by Gasteiger charge is 2.12. The Hall–Kier alpha value is -0.100. The van der Waals surface area contributed by atoms with E-state index < -0.39 is 0 Å². The summed E-state index contributed by atoms with van der Waals surface area (Å²) in [5.41, 5.74) is 0. The van der Waals surface area contributed by atoms with Crippen LogP contribution in [0.4, 0.5) is 0 Å². The summed E-state index contributed by atoms with van der Waals surface area (Å²) in [6.07, 6.45) is 0. The monoisotopic (exact) mass is 311 g/mol. The zero-order valence-corrected chi connectivity index (χ0v) is 11.3. The lowest BCUT2D eigenvalue weighted by atomic mass is 10.4. The third kappa shape index (κ3) is 4.10. The second-order valence-corrected chi connectivity index (χ2v) is 5.48. The van der Waals surface area contributed by atoms with Gasteiger partial charge in [-0.15, -0.1) is 11.3 Å². The number of nitrogens with one attached hydrogen (secondary N) is 1. The van der Waals surface area contributed by atoms with Crippen molar-refractivity contribution in [2.75, 3.05) is 20.3 Å². The van der Waals surface area contributed by atoms with E-state index in [1.807, 2.05) is 0 Å². The molecule has 0 aliphatic carbocycles. The number of carbonyl (C=O) groups is 1. The molecule has 0 bridgehead atoms. The molecule has 15 heavy (non-hydrogen) atoms. The molecule has 84 valence electrons. The highest BCUT2D eigenvalue weighted by Crippen LogP contribution is 2.21. The number of alkyl halides is 1. The van der Waals surface area contributed by atoms with Crippen LogP contribution in [-0.4, -0.2) is 31.0 Å². The highest BCUT2D eigenvalue weighted by molar-refractivity contribution is 9.09. The summed E-state index contributed by atoms with van der Waals surface area (Å²) in [4.78, 5) is 12.3. The van der Waals surface area contributed by atoms with Crippen LogP contribution in [-0.2, 0) is 4.74 Å². The number of rotatable bonds is 5. The first-order chi connectivity index (χ1) is 7.15. The molecule has 0 radical (unpaired) electrons. The SMILES string of the molecule is COCC(Br)CNC(=O)c1sccc1Cl. The molecular formula is C9H11BrClNO2S. The Bertz CT molecular complexity index is 332. The number of methoxy groups -OCH3 is 1. The molecule has 1 heterocycles. The van der Waals surface area contributed by atoms with Gasteiger partial charge >= 0.3 is 0 Å². The van der Waals surface area contributed by atoms with Gasteiger partial charge in [0.15, 0.2) is 0 Å². The summed E-state index contributed by atoms with van der Waals surface area (Å²) in [6, 6.07) is 1.71. The van der Waals surface area contributed by atoms with Gasteiger partial charge in [-0.3, -0.25) is 4.79 Å². The predicted octanol–water partition coefficient (Wildman–Crippen LogP) is 2.54. The number of halogens is 2. The third-order valence-electron chi connectivity index (χ3n) is 1.66. The van der Waals surface area contributed by atoms with Crippen LogP contribution in [0.3, 0.4) is 0 Å². The molecule has 1 aromatic rings. The smallest absolute Gasteiger partial charge is 0.262 e. The van der Waals surface area contributed by atoms with E-state index in [1.54, 1.807) is 18.6 Å². The number of ether oxygens (including phenoxy) is 1. The van der Waals surface area contributed by atoms with Gasteiger partial charge in [0.05, 0.1) is 16.5 Å². The molecule has 3 nitrogen and oxygen atoms in total. The summed E-state index contributed by atoms with van der Waals surface area (Å²) in [7, 11) is 1.62. The van der Waals surface area contributed by atoms with Gasteiger partial charge in [-0.2, -0.15) is 0 Å². The molecule has 0 aliphatic rings. The topological polar surface area (TPSA) is 38.3 Å². The number of thiophene rings is 1. The Balaban J connectivity index is 2.40. The first-order valence-electron chi connectivity index (χ1n) is 4.29. The standard InChI is InChI=1S/C9H11BrClNO2S/c1-14-5-6(10)4-12-9(13)8-7(11)2-3-15-8/h2-3,6H,4-5H2,1H3,(H,12,13). The normalized spacial score (nSPS) is 12.5. The van der Waals surface area contributed by atoms with E-state index in [0.717, 1.165) is 0 Å². The summed E-state index contributed by atoms with van der Waals surface area (Å²) in [5, 5.41) is 5.06. The van der Waals surface area contributed by atoms with Crippen molar-refractivity contribution in [1.29, 1.82) is 0 Å². The van der Waals surface area contributed by atoms with E-state index in [0.29, 0.717) is 23.1 Å². The van der Waals surface area contributed by atoms with E-state index in [4.69, 9.17) is 16.3 Å². The van der Waals surface area contributed by atoms with E-state index >= 15 is 0 Å². The molecule has 0 aliphatic heterocycles. The van der Waals surface area contributed by atoms with Gasteiger partial charge in [0.25, 0.3) is 5.91 Å². The van der Waals surface area contributed by atoms with Crippen molar-refractivity contribution in [3.05, 3.63) is 21.3 Å². The molecule has 0 fully saturated rings. The van der Waals surface area contributed by atoms with Crippen molar-refractivity contribution in [3.63, 3.8) is 0 Å². The minimum Gasteiger partial charge on any atom is -0.383 e. The number of carbonyl (C=O) groups excluding carboxylic acids is 1. The maximum absolute atomic E-state index is 11.6. The number of amides is 1. The van der Waals surface area contributed by atoms with E-state index in [1.165, 1.54) is 11.3 Å². The van der Waals surface area contributed by atoms with E-state index in [-0.39, 0.29) is 10.7 Å². The quantitative estimate of drug-likeness (QED) is 0.849. The van der Waals surface area contributed by atoms with Crippen LogP contribution in [0, 0.1) is 0 Å². The fourth-order valence-electron chi connectivity index (χ4n) is 0.979. The Morgan fingerprint density at radius 3 is 3.07 bits per heavy atom. The highest BCUT2D eigenvalue weighted by atomic mass is 79.9. The lowest BCUT2D eigenvalue weighted by Crippen LogP contribution is -2.31. The molecule has 0 saturated carbocycles. The van der Waals surface area contributed by atoms with Gasteiger partial charge in [-0.1, -0.05) is 27.5 Å². The second-order valence-electron chi connectivity index (χ2n) is 2.86. The van der Waals surface area contributed by atoms with Gasteiger partial charge in [0.2, 0.25) is 0 Å². The average molecular weight is 313 g/mol. The third-order valence-corrected chi connectivity index (χ3v) is 3.58. The fraction of sp³-hybridized carbons (Fsp3) is 0.444. The molecule has 1 aromatic heterocycles. The lowest BCUT2D eigenvalue weighted by molar-refractivity contribution is 0.0954. The molecule has 0 aromatic carbocycles. The molecule has 1 N–H and O–H groups in total. The van der Waals surface area contributed by atoms with E-state index in [9.17, 15) is 4.79 Å². The fourth-order valence-corrected chi connectivity index (χ4v) is 2.46. The summed E-state index contributed by atoms with van der Waals surface area (Å²) in [5.74, 6) is -0.143. The molecule has 6 heteroatoms. The first-order valence-corrected chi connectivity index (χ1v) is 6.46. The first kappa shape index (κ1) is 13.0. The molecule has 0 spiro atoms. The molecular weight excluding hydrogens is 302 g/mol. The van der Waals surface area contributed by atoms with Crippen LogP contribution in [0.15, 0.2) is 11.4 Å². The average Bonchev–Trinajstić information content (AvgIpc) is 2.61. The second kappa shape index (κ2) is 6.48. The number of hydrogen-bond donors (Lipinski definition) is 1. The van der Waals surface area contributed by atoms with Crippen molar-refractivity contribution in [2.24, 2.45) is 0 Å². The Morgan fingerprint density at radius 2 is 2.53 bits per heavy atom. The van der Waals surface area contributed by atoms with Gasteiger partial charge in [0, 0.05) is 13.7 Å². The van der Waals surface area contributed by atoms with Crippen LogP contribution in [0.25, 0.3) is 0 Å². The van der Waals surface area contributed by atoms with Crippen molar-refractivity contribution in [2.45, 2.75) is 4.83 Å². The minimum absolute atomic E-state index is 0.116. The lowest BCUT2D eigenvalue weighted by Gasteiger charge is -2.09. The van der Waals surface area contributed by atoms with Gasteiger partial charge in [-0.25, -0.2) is 0 Å². The molecule has 1 unspecified atom stereocenters. The summed E-state index contributed by atoms with van der Waals surface area (Å²) in [6.45, 7) is 1.07. The Morgan fingerprint density at radius 1 is 1.80 bits per heavy atom. The Kier molecular flexibility index (Phi) is 5.60. The van der Waals surface area contributed by atoms with Crippen molar-refractivity contribution in [3.8, 4) is 0 Å². The Labute approximate surface area is 106 Å². The summed E-state index contributed by atoms with van der Waals surface area (Å²) < 4.78 is 4.93. The predicted molar refractivity (Wildman–Crippen MR) is 66.3 cm³/mol. The van der Waals surface area contributed by atoms with E-state index in [2.05, 4.69) is 21.2 Å². The van der Waals surface area contributed by atoms with Gasteiger partial charge < -0.3 is 10.1 Å². The number of hydrogen-bond acceptors (Lipinski definition) is 3. The zero-order chi connectivity index (χ0) is 11.3. The maximum Gasteiger partial charge on any atom is 0.262 e. The molecule has 0 saturated heterocycles. The van der Waals surface area contributed by atoms with Crippen molar-refractivity contribution < 1.29 is 9.53 Å². The van der Waals surface area contributed by atoms with Crippen molar-refractivity contribution in [1.82, 2.24) is 5.32 Å². The minimum atomic E-state index is -0.143. The molecule has 1 atom stereocenters. The van der Waals surface area contributed by atoms with Crippen LogP contribution in [0.2, 0.25) is 5.02 Å². The van der Waals surface area contributed by atoms with Crippen molar-refractivity contribution >= 4 is 44.8 Å². The van der Waals surface area contributed by atoms with Crippen LogP contribution in [0.1, 0.15) is 9.67 Å².